The number of hydrogen-bond donors (Lipinski definition) is 1. The average molecular weight is 345 g/mol. The molecule has 0 amide bonds. The molecule has 0 saturated heterocycles. The summed E-state index contributed by atoms with van der Waals surface area (Å²) in [6, 6.07) is 8.72. The summed E-state index contributed by atoms with van der Waals surface area (Å²) >= 11 is 10.4. The Morgan fingerprint density at radius 2 is 2.17 bits per heavy atom. The topological polar surface area (TPSA) is 50.2 Å². The highest BCUT2D eigenvalue weighted by molar-refractivity contribution is 9.10. The van der Waals surface area contributed by atoms with E-state index < -0.39 is 5.97 Å². The van der Waals surface area contributed by atoms with Crippen molar-refractivity contribution in [3.63, 3.8) is 0 Å². The van der Waals surface area contributed by atoms with Crippen molar-refractivity contribution in [3.05, 3.63) is 51.6 Å². The van der Waals surface area contributed by atoms with Gasteiger partial charge in [0.1, 0.15) is 5.03 Å². The molecule has 6 heteroatoms. The van der Waals surface area contributed by atoms with Crippen molar-refractivity contribution >= 4 is 45.3 Å². The van der Waals surface area contributed by atoms with Crippen molar-refractivity contribution in [2.75, 3.05) is 0 Å². The van der Waals surface area contributed by atoms with Gasteiger partial charge in [-0.1, -0.05) is 29.4 Å². The fraction of sp³-hybridized carbons (Fsp3) is 0. The van der Waals surface area contributed by atoms with Gasteiger partial charge in [0.25, 0.3) is 0 Å². The summed E-state index contributed by atoms with van der Waals surface area (Å²) in [5, 5.41) is 10.2. The zero-order chi connectivity index (χ0) is 13.1. The van der Waals surface area contributed by atoms with Crippen LogP contribution in [0.3, 0.4) is 0 Å². The number of aromatic carboxylic acids is 1. The number of carbonyl (C=O) groups is 1. The van der Waals surface area contributed by atoms with Crippen LogP contribution in [-0.4, -0.2) is 16.1 Å². The number of nitrogens with zero attached hydrogens (tertiary/aromatic N) is 1. The second kappa shape index (κ2) is 5.73. The number of aromatic nitrogens is 1. The molecule has 0 aliphatic carbocycles. The van der Waals surface area contributed by atoms with Gasteiger partial charge in [0.05, 0.1) is 5.56 Å². The molecular formula is C12H7BrClNO2S. The van der Waals surface area contributed by atoms with Gasteiger partial charge < -0.3 is 5.11 Å². The Morgan fingerprint density at radius 3 is 2.83 bits per heavy atom. The SMILES string of the molecule is O=C(O)c1cc(Br)cnc1Sc1cccc(Cl)c1. The molecule has 0 spiro atoms. The van der Waals surface area contributed by atoms with Crippen LogP contribution in [0.4, 0.5) is 0 Å². The molecule has 18 heavy (non-hydrogen) atoms. The van der Waals surface area contributed by atoms with Gasteiger partial charge in [-0.3, -0.25) is 0 Å². The van der Waals surface area contributed by atoms with Crippen LogP contribution < -0.4 is 0 Å². The van der Waals surface area contributed by atoms with Gasteiger partial charge in [0, 0.05) is 20.6 Å². The van der Waals surface area contributed by atoms with E-state index in [0.29, 0.717) is 14.5 Å². The molecule has 0 unspecified atom stereocenters. The van der Waals surface area contributed by atoms with Crippen molar-refractivity contribution in [1.29, 1.82) is 0 Å². The highest BCUT2D eigenvalue weighted by Gasteiger charge is 2.13. The maximum atomic E-state index is 11.1. The number of pyridine rings is 1. The number of carboxylic acid groups (broad SMARTS) is 1. The highest BCUT2D eigenvalue weighted by Crippen LogP contribution is 2.31. The Labute approximate surface area is 121 Å². The zero-order valence-corrected chi connectivity index (χ0v) is 12.1. The lowest BCUT2D eigenvalue weighted by Gasteiger charge is -2.05. The molecule has 0 saturated carbocycles. The lowest BCUT2D eigenvalue weighted by atomic mass is 10.3. The first-order valence-corrected chi connectivity index (χ1v) is 6.87. The fourth-order valence-electron chi connectivity index (χ4n) is 1.30. The summed E-state index contributed by atoms with van der Waals surface area (Å²) < 4.78 is 0.635. The minimum atomic E-state index is -1.01. The Bertz CT molecular complexity index is 606. The first-order chi connectivity index (χ1) is 8.56. The molecule has 2 aromatic rings. The maximum Gasteiger partial charge on any atom is 0.338 e. The van der Waals surface area contributed by atoms with Gasteiger partial charge in [-0.25, -0.2) is 9.78 Å². The van der Waals surface area contributed by atoms with Crippen LogP contribution in [0.2, 0.25) is 5.02 Å². The van der Waals surface area contributed by atoms with Gasteiger partial charge in [-0.2, -0.15) is 0 Å². The van der Waals surface area contributed by atoms with E-state index in [2.05, 4.69) is 20.9 Å². The van der Waals surface area contributed by atoms with Gasteiger partial charge in [-0.05, 0) is 40.2 Å². The zero-order valence-electron chi connectivity index (χ0n) is 8.93. The number of rotatable bonds is 3. The second-order valence-corrected chi connectivity index (χ2v) is 5.79. The number of hydrogen-bond acceptors (Lipinski definition) is 3. The minimum absolute atomic E-state index is 0.161. The fourth-order valence-corrected chi connectivity index (χ4v) is 2.81. The Morgan fingerprint density at radius 1 is 1.39 bits per heavy atom. The molecule has 2 rings (SSSR count). The van der Waals surface area contributed by atoms with Crippen LogP contribution in [0.1, 0.15) is 10.4 Å². The Hall–Kier alpha value is -1.04. The third-order valence-corrected chi connectivity index (χ3v) is 3.74. The van der Waals surface area contributed by atoms with Crippen LogP contribution >= 0.6 is 39.3 Å². The van der Waals surface area contributed by atoms with Gasteiger partial charge >= 0.3 is 5.97 Å². The quantitative estimate of drug-likeness (QED) is 0.899. The number of halogens is 2. The molecule has 0 atom stereocenters. The molecule has 1 aromatic carbocycles. The van der Waals surface area contributed by atoms with E-state index in [1.165, 1.54) is 17.8 Å². The van der Waals surface area contributed by atoms with Gasteiger partial charge in [0.15, 0.2) is 0 Å². The molecule has 0 radical (unpaired) electrons. The van der Waals surface area contributed by atoms with Crippen molar-refractivity contribution in [2.45, 2.75) is 9.92 Å². The lowest BCUT2D eigenvalue weighted by Crippen LogP contribution is -2.00. The van der Waals surface area contributed by atoms with Crippen LogP contribution in [0.25, 0.3) is 0 Å². The molecule has 3 nitrogen and oxygen atoms in total. The maximum absolute atomic E-state index is 11.1. The van der Waals surface area contributed by atoms with E-state index >= 15 is 0 Å². The van der Waals surface area contributed by atoms with Gasteiger partial charge in [0.2, 0.25) is 0 Å². The van der Waals surface area contributed by atoms with E-state index in [1.54, 1.807) is 18.3 Å². The van der Waals surface area contributed by atoms with E-state index in [1.807, 2.05) is 12.1 Å². The van der Waals surface area contributed by atoms with Crippen LogP contribution in [0.15, 0.2) is 50.9 Å². The van der Waals surface area contributed by atoms with Crippen molar-refractivity contribution < 1.29 is 9.90 Å². The highest BCUT2D eigenvalue weighted by atomic mass is 79.9. The minimum Gasteiger partial charge on any atom is -0.478 e. The molecule has 0 fully saturated rings. The van der Waals surface area contributed by atoms with Crippen LogP contribution in [0, 0.1) is 0 Å². The standard InChI is InChI=1S/C12H7BrClNO2S/c13-7-4-10(12(16)17)11(15-6-7)18-9-3-1-2-8(14)5-9/h1-6H,(H,16,17). The summed E-state index contributed by atoms with van der Waals surface area (Å²) in [5.41, 5.74) is 0.161. The lowest BCUT2D eigenvalue weighted by molar-refractivity contribution is 0.0692. The monoisotopic (exact) mass is 343 g/mol. The molecule has 0 aliphatic heterocycles. The molecule has 0 aliphatic rings. The molecule has 1 heterocycles. The molecule has 1 aromatic heterocycles. The van der Waals surface area contributed by atoms with Crippen molar-refractivity contribution in [2.24, 2.45) is 0 Å². The molecule has 1 N–H and O–H groups in total. The van der Waals surface area contributed by atoms with E-state index in [0.717, 1.165) is 4.90 Å². The summed E-state index contributed by atoms with van der Waals surface area (Å²) in [4.78, 5) is 16.1. The summed E-state index contributed by atoms with van der Waals surface area (Å²) in [6.07, 6.45) is 1.57. The normalized spacial score (nSPS) is 10.3. The van der Waals surface area contributed by atoms with Crippen LogP contribution in [-0.2, 0) is 0 Å². The summed E-state index contributed by atoms with van der Waals surface area (Å²) in [5.74, 6) is -1.01. The van der Waals surface area contributed by atoms with Crippen molar-refractivity contribution in [1.82, 2.24) is 4.98 Å². The third-order valence-electron chi connectivity index (χ3n) is 2.06. The molecule has 92 valence electrons. The predicted molar refractivity (Wildman–Crippen MR) is 74.5 cm³/mol. The first-order valence-electron chi connectivity index (χ1n) is 4.88. The molecule has 0 bridgehead atoms. The average Bonchev–Trinajstić information content (AvgIpc) is 2.31. The third kappa shape index (κ3) is 3.25. The van der Waals surface area contributed by atoms with Crippen LogP contribution in [0.5, 0.6) is 0 Å². The number of carboxylic acids is 1. The van der Waals surface area contributed by atoms with Gasteiger partial charge in [-0.15, -0.1) is 0 Å². The number of benzene rings is 1. The van der Waals surface area contributed by atoms with Crippen molar-refractivity contribution in [3.8, 4) is 0 Å². The smallest absolute Gasteiger partial charge is 0.338 e. The predicted octanol–water partition coefficient (Wildman–Crippen LogP) is 4.35. The van der Waals surface area contributed by atoms with E-state index in [9.17, 15) is 4.79 Å². The summed E-state index contributed by atoms with van der Waals surface area (Å²) in [6.45, 7) is 0. The first kappa shape index (κ1) is 13.4. The second-order valence-electron chi connectivity index (χ2n) is 3.37. The van der Waals surface area contributed by atoms with E-state index in [-0.39, 0.29) is 5.56 Å². The molecular weight excluding hydrogens is 338 g/mol. The largest absolute Gasteiger partial charge is 0.478 e. The van der Waals surface area contributed by atoms with E-state index in [4.69, 9.17) is 16.7 Å². The Kier molecular flexibility index (Phi) is 4.27. The summed E-state index contributed by atoms with van der Waals surface area (Å²) in [7, 11) is 0. The Balaban J connectivity index is 2.37.